The summed E-state index contributed by atoms with van der Waals surface area (Å²) in [5.41, 5.74) is 2.04. The molecule has 0 bridgehead atoms. The zero-order chi connectivity index (χ0) is 15.5. The molecule has 5 nitrogen and oxygen atoms in total. The minimum absolute atomic E-state index is 0.434. The molecule has 120 valence electrons. The van der Waals surface area contributed by atoms with Crippen molar-refractivity contribution in [1.82, 2.24) is 10.3 Å². The van der Waals surface area contributed by atoms with E-state index in [2.05, 4.69) is 24.1 Å². The van der Waals surface area contributed by atoms with Crippen LogP contribution in [0.5, 0.6) is 5.75 Å². The molecule has 1 aromatic rings. The molecule has 0 aliphatic carbocycles. The van der Waals surface area contributed by atoms with E-state index in [1.807, 2.05) is 19.2 Å². The van der Waals surface area contributed by atoms with Gasteiger partial charge in [-0.1, -0.05) is 13.8 Å². The summed E-state index contributed by atoms with van der Waals surface area (Å²) in [6.07, 6.45) is 2.79. The highest BCUT2D eigenvalue weighted by molar-refractivity contribution is 5.32. The Hall–Kier alpha value is -1.17. The van der Waals surface area contributed by atoms with Gasteiger partial charge in [0.2, 0.25) is 0 Å². The fourth-order valence-electron chi connectivity index (χ4n) is 1.76. The lowest BCUT2D eigenvalue weighted by molar-refractivity contribution is 0.0803. The number of methoxy groups -OCH3 is 1. The van der Waals surface area contributed by atoms with Crippen molar-refractivity contribution in [3.05, 3.63) is 23.5 Å². The van der Waals surface area contributed by atoms with Crippen molar-refractivity contribution in [3.8, 4) is 5.75 Å². The average molecular weight is 296 g/mol. The lowest BCUT2D eigenvalue weighted by Crippen LogP contribution is -2.22. The third kappa shape index (κ3) is 7.99. The van der Waals surface area contributed by atoms with E-state index in [-0.39, 0.29) is 0 Å². The van der Waals surface area contributed by atoms with Crippen LogP contribution in [0.2, 0.25) is 0 Å². The molecule has 1 N–H and O–H groups in total. The maximum absolute atomic E-state index is 5.82. The van der Waals surface area contributed by atoms with Crippen LogP contribution in [0, 0.1) is 6.92 Å². The molecule has 21 heavy (non-hydrogen) atoms. The van der Waals surface area contributed by atoms with E-state index in [0.29, 0.717) is 25.9 Å². The van der Waals surface area contributed by atoms with Gasteiger partial charge in [-0.2, -0.15) is 0 Å². The van der Waals surface area contributed by atoms with Gasteiger partial charge in [0.25, 0.3) is 0 Å². The SMILES string of the molecule is COCCCOCCOc1cc(C)ncc1CNC(C)C. The molecule has 0 aliphatic heterocycles. The molecular weight excluding hydrogens is 268 g/mol. The highest BCUT2D eigenvalue weighted by atomic mass is 16.5. The molecule has 0 saturated carbocycles. The van der Waals surface area contributed by atoms with E-state index < -0.39 is 0 Å². The Morgan fingerprint density at radius 1 is 1.19 bits per heavy atom. The largest absolute Gasteiger partial charge is 0.491 e. The van der Waals surface area contributed by atoms with E-state index in [0.717, 1.165) is 36.6 Å². The van der Waals surface area contributed by atoms with Crippen LogP contribution in [0.4, 0.5) is 0 Å². The van der Waals surface area contributed by atoms with Crippen molar-refractivity contribution < 1.29 is 14.2 Å². The molecule has 0 spiro atoms. The zero-order valence-corrected chi connectivity index (χ0v) is 13.6. The first-order chi connectivity index (χ1) is 10.1. The van der Waals surface area contributed by atoms with Crippen LogP contribution in [0.1, 0.15) is 31.5 Å². The molecule has 1 aromatic heterocycles. The Balaban J connectivity index is 2.36. The second-order valence-corrected chi connectivity index (χ2v) is 5.28. The minimum Gasteiger partial charge on any atom is -0.491 e. The predicted molar refractivity (Wildman–Crippen MR) is 83.8 cm³/mol. The third-order valence-corrected chi connectivity index (χ3v) is 2.90. The van der Waals surface area contributed by atoms with Crippen LogP contribution in [-0.4, -0.2) is 44.6 Å². The van der Waals surface area contributed by atoms with Gasteiger partial charge in [-0.15, -0.1) is 0 Å². The van der Waals surface area contributed by atoms with Gasteiger partial charge in [-0.05, 0) is 13.3 Å². The van der Waals surface area contributed by atoms with Crippen molar-refractivity contribution in [2.75, 3.05) is 33.5 Å². The van der Waals surface area contributed by atoms with Gasteiger partial charge in [-0.3, -0.25) is 4.98 Å². The second-order valence-electron chi connectivity index (χ2n) is 5.28. The number of ether oxygens (including phenoxy) is 3. The smallest absolute Gasteiger partial charge is 0.127 e. The van der Waals surface area contributed by atoms with Gasteiger partial charge in [0.1, 0.15) is 12.4 Å². The van der Waals surface area contributed by atoms with Gasteiger partial charge in [0, 0.05) is 56.4 Å². The van der Waals surface area contributed by atoms with Gasteiger partial charge in [0.05, 0.1) is 6.61 Å². The van der Waals surface area contributed by atoms with Gasteiger partial charge in [0.15, 0.2) is 0 Å². The molecule has 5 heteroatoms. The van der Waals surface area contributed by atoms with E-state index in [1.165, 1.54) is 0 Å². The summed E-state index contributed by atoms with van der Waals surface area (Å²) >= 11 is 0. The molecule has 0 fully saturated rings. The van der Waals surface area contributed by atoms with E-state index in [1.54, 1.807) is 7.11 Å². The molecular formula is C16H28N2O3. The average Bonchev–Trinajstić information content (AvgIpc) is 2.45. The first-order valence-corrected chi connectivity index (χ1v) is 7.52. The van der Waals surface area contributed by atoms with Crippen molar-refractivity contribution in [1.29, 1.82) is 0 Å². The van der Waals surface area contributed by atoms with E-state index >= 15 is 0 Å². The van der Waals surface area contributed by atoms with Crippen molar-refractivity contribution >= 4 is 0 Å². The number of pyridine rings is 1. The summed E-state index contributed by atoms with van der Waals surface area (Å²) in [7, 11) is 1.70. The number of hydrogen-bond acceptors (Lipinski definition) is 5. The van der Waals surface area contributed by atoms with E-state index in [4.69, 9.17) is 14.2 Å². The Morgan fingerprint density at radius 2 is 2.00 bits per heavy atom. The molecule has 1 rings (SSSR count). The molecule has 0 aromatic carbocycles. The Labute approximate surface area is 128 Å². The number of hydrogen-bond donors (Lipinski definition) is 1. The Morgan fingerprint density at radius 3 is 2.71 bits per heavy atom. The highest BCUT2D eigenvalue weighted by Crippen LogP contribution is 2.18. The van der Waals surface area contributed by atoms with E-state index in [9.17, 15) is 0 Å². The number of nitrogens with one attached hydrogen (secondary N) is 1. The summed E-state index contributed by atoms with van der Waals surface area (Å²) in [5, 5.41) is 3.38. The fourth-order valence-corrected chi connectivity index (χ4v) is 1.76. The summed E-state index contributed by atoms with van der Waals surface area (Å²) < 4.78 is 16.3. The van der Waals surface area contributed by atoms with Crippen LogP contribution in [-0.2, 0) is 16.0 Å². The topological polar surface area (TPSA) is 52.6 Å². The van der Waals surface area contributed by atoms with Crippen LogP contribution < -0.4 is 10.1 Å². The van der Waals surface area contributed by atoms with Gasteiger partial charge < -0.3 is 19.5 Å². The Bertz CT molecular complexity index is 397. The first-order valence-electron chi connectivity index (χ1n) is 7.52. The summed E-state index contributed by atoms with van der Waals surface area (Å²) in [6, 6.07) is 2.41. The maximum Gasteiger partial charge on any atom is 0.127 e. The standard InChI is InChI=1S/C16H28N2O3/c1-13(2)17-11-15-12-18-14(3)10-16(15)21-9-8-20-7-5-6-19-4/h10,12-13,17H,5-9,11H2,1-4H3. The molecule has 0 amide bonds. The van der Waals surface area contributed by atoms with Gasteiger partial charge in [-0.25, -0.2) is 0 Å². The lowest BCUT2D eigenvalue weighted by Gasteiger charge is -2.14. The monoisotopic (exact) mass is 296 g/mol. The van der Waals surface area contributed by atoms with Crippen molar-refractivity contribution in [2.45, 2.75) is 39.8 Å². The molecule has 0 atom stereocenters. The van der Waals surface area contributed by atoms with Crippen molar-refractivity contribution in [3.63, 3.8) is 0 Å². The Kier molecular flexibility index (Phi) is 8.98. The maximum atomic E-state index is 5.82. The minimum atomic E-state index is 0.434. The zero-order valence-electron chi connectivity index (χ0n) is 13.6. The molecule has 1 heterocycles. The lowest BCUT2D eigenvalue weighted by atomic mass is 10.2. The predicted octanol–water partition coefficient (Wildman–Crippen LogP) is 2.32. The molecule has 0 radical (unpaired) electrons. The number of aryl methyl sites for hydroxylation is 1. The number of nitrogens with zero attached hydrogens (tertiary/aromatic N) is 1. The summed E-state index contributed by atoms with van der Waals surface area (Å²) in [4.78, 5) is 4.33. The summed E-state index contributed by atoms with van der Waals surface area (Å²) in [6.45, 7) is 9.53. The number of aromatic nitrogens is 1. The second kappa shape index (κ2) is 10.5. The van der Waals surface area contributed by atoms with Crippen LogP contribution in [0.25, 0.3) is 0 Å². The highest BCUT2D eigenvalue weighted by Gasteiger charge is 2.06. The fraction of sp³-hybridized carbons (Fsp3) is 0.688. The van der Waals surface area contributed by atoms with Crippen molar-refractivity contribution in [2.24, 2.45) is 0 Å². The third-order valence-electron chi connectivity index (χ3n) is 2.90. The van der Waals surface area contributed by atoms with Crippen LogP contribution in [0.15, 0.2) is 12.3 Å². The first kappa shape index (κ1) is 17.9. The number of rotatable bonds is 11. The van der Waals surface area contributed by atoms with Crippen LogP contribution in [0.3, 0.4) is 0 Å². The van der Waals surface area contributed by atoms with Gasteiger partial charge >= 0.3 is 0 Å². The quantitative estimate of drug-likeness (QED) is 0.635. The molecule has 0 saturated heterocycles. The summed E-state index contributed by atoms with van der Waals surface area (Å²) in [5.74, 6) is 0.885. The van der Waals surface area contributed by atoms with Crippen LogP contribution >= 0.6 is 0 Å². The molecule has 0 unspecified atom stereocenters. The normalized spacial score (nSPS) is 11.1. The molecule has 0 aliphatic rings.